The van der Waals surface area contributed by atoms with Gasteiger partial charge in [-0.15, -0.1) is 0 Å². The topological polar surface area (TPSA) is 117 Å². The van der Waals surface area contributed by atoms with E-state index < -0.39 is 19.2 Å². The van der Waals surface area contributed by atoms with Crippen LogP contribution in [0.1, 0.15) is 32.7 Å². The Hall–Kier alpha value is -2.62. The molecule has 1 heterocycles. The van der Waals surface area contributed by atoms with Gasteiger partial charge in [0.25, 0.3) is 0 Å². The third-order valence-electron chi connectivity index (χ3n) is 5.14. The van der Waals surface area contributed by atoms with E-state index in [9.17, 15) is 14.5 Å². The van der Waals surface area contributed by atoms with Gasteiger partial charge in [-0.25, -0.2) is 4.79 Å². The molecule has 0 bridgehead atoms. The Balaban J connectivity index is 2.18. The molecule has 3 rings (SSSR count). The van der Waals surface area contributed by atoms with Crippen LogP contribution in [0.2, 0.25) is 5.02 Å². The van der Waals surface area contributed by atoms with Crippen LogP contribution in [-0.2, 0) is 13.6 Å². The van der Waals surface area contributed by atoms with Crippen molar-refractivity contribution in [1.82, 2.24) is 9.97 Å². The Kier molecular flexibility index (Phi) is 8.79. The van der Waals surface area contributed by atoms with Crippen LogP contribution in [0.4, 0.5) is 0 Å². The predicted octanol–water partition coefficient (Wildman–Crippen LogP) is 5.88. The number of halogens is 1. The second kappa shape index (κ2) is 11.4. The molecule has 186 valence electrons. The SMILES string of the molecule is COc1cc(OC)nc(Sc2ccc(C(c3ccc(C)cc3)P(=O)(OC)OC)c(Cl)c2C(=O)O)n1. The molecule has 9 nitrogen and oxygen atoms in total. The second-order valence-corrected chi connectivity index (χ2v) is 10.9. The first-order valence-corrected chi connectivity index (χ1v) is 13.0. The van der Waals surface area contributed by atoms with Crippen molar-refractivity contribution in [3.63, 3.8) is 0 Å². The van der Waals surface area contributed by atoms with Gasteiger partial charge in [-0.3, -0.25) is 4.57 Å². The van der Waals surface area contributed by atoms with Crippen molar-refractivity contribution in [3.8, 4) is 11.8 Å². The number of hydrogen-bond donors (Lipinski definition) is 1. The van der Waals surface area contributed by atoms with E-state index in [0.29, 0.717) is 5.56 Å². The molecule has 0 aliphatic heterocycles. The van der Waals surface area contributed by atoms with E-state index in [1.54, 1.807) is 24.3 Å². The number of carboxylic acid groups (broad SMARTS) is 1. The minimum absolute atomic E-state index is 0.0998. The zero-order valence-corrected chi connectivity index (χ0v) is 22.1. The summed E-state index contributed by atoms with van der Waals surface area (Å²) in [7, 11) is 1.66. The Morgan fingerprint density at radius 2 is 1.57 bits per heavy atom. The normalized spacial score (nSPS) is 12.3. The Morgan fingerprint density at radius 1 is 1.00 bits per heavy atom. The van der Waals surface area contributed by atoms with Crippen LogP contribution in [0.5, 0.6) is 11.8 Å². The Morgan fingerprint density at radius 3 is 2.06 bits per heavy atom. The number of ether oxygens (including phenoxy) is 2. The van der Waals surface area contributed by atoms with Gasteiger partial charge in [0.15, 0.2) is 5.16 Å². The fourth-order valence-corrected chi connectivity index (χ4v) is 6.42. The molecule has 0 saturated heterocycles. The fraction of sp³-hybridized carbons (Fsp3) is 0.261. The van der Waals surface area contributed by atoms with E-state index in [-0.39, 0.29) is 38.0 Å². The van der Waals surface area contributed by atoms with E-state index >= 15 is 0 Å². The van der Waals surface area contributed by atoms with Crippen LogP contribution in [0.15, 0.2) is 52.5 Å². The summed E-state index contributed by atoms with van der Waals surface area (Å²) in [6.45, 7) is 1.92. The summed E-state index contributed by atoms with van der Waals surface area (Å²) in [6, 6.07) is 11.9. The van der Waals surface area contributed by atoms with E-state index in [0.717, 1.165) is 17.3 Å². The number of carbonyl (C=O) groups is 1. The summed E-state index contributed by atoms with van der Waals surface area (Å²) in [5.74, 6) is -0.777. The molecule has 0 fully saturated rings. The van der Waals surface area contributed by atoms with Gasteiger partial charge in [-0.2, -0.15) is 9.97 Å². The Labute approximate surface area is 212 Å². The third kappa shape index (κ3) is 5.79. The van der Waals surface area contributed by atoms with Crippen LogP contribution < -0.4 is 9.47 Å². The number of carboxylic acids is 1. The van der Waals surface area contributed by atoms with Gasteiger partial charge in [0.05, 0.1) is 30.9 Å². The molecule has 1 atom stereocenters. The lowest BCUT2D eigenvalue weighted by Crippen LogP contribution is -2.10. The van der Waals surface area contributed by atoms with Crippen LogP contribution in [0, 0.1) is 6.92 Å². The summed E-state index contributed by atoms with van der Waals surface area (Å²) in [6.07, 6.45) is 0. The molecule has 2 aromatic carbocycles. The molecule has 0 radical (unpaired) electrons. The number of methoxy groups -OCH3 is 2. The molecule has 0 aliphatic rings. The molecular formula is C23H24ClN2O7PS. The number of rotatable bonds is 10. The molecule has 0 saturated carbocycles. The van der Waals surface area contributed by atoms with E-state index in [1.807, 2.05) is 19.1 Å². The van der Waals surface area contributed by atoms with Gasteiger partial charge in [-0.1, -0.05) is 47.5 Å². The highest BCUT2D eigenvalue weighted by atomic mass is 35.5. The molecule has 12 heteroatoms. The van der Waals surface area contributed by atoms with Gasteiger partial charge in [0.2, 0.25) is 11.8 Å². The third-order valence-corrected chi connectivity index (χ3v) is 8.70. The van der Waals surface area contributed by atoms with Crippen LogP contribution >= 0.6 is 31.0 Å². The molecule has 1 aromatic heterocycles. The number of aromatic carboxylic acids is 1. The second-order valence-electron chi connectivity index (χ2n) is 7.20. The van der Waals surface area contributed by atoms with Crippen LogP contribution in [-0.4, -0.2) is 49.5 Å². The maximum Gasteiger partial charge on any atom is 0.341 e. The first-order chi connectivity index (χ1) is 16.7. The number of nitrogens with zero attached hydrogens (tertiary/aromatic N) is 2. The standard InChI is InChI=1S/C23H24ClN2O7PS/c1-13-6-8-14(9-7-13)21(34(29,32-4)33-5)15-10-11-16(19(20(15)24)22(27)28)35-23-25-17(30-2)12-18(26-23)31-3/h6-12,21H,1-5H3,(H,27,28). The van der Waals surface area contributed by atoms with Gasteiger partial charge < -0.3 is 23.6 Å². The molecule has 0 aliphatic carbocycles. The first kappa shape index (κ1) is 27.0. The summed E-state index contributed by atoms with van der Waals surface area (Å²) in [5.41, 5.74) is 0.719. The van der Waals surface area contributed by atoms with Crippen molar-refractivity contribution in [3.05, 3.63) is 69.7 Å². The maximum absolute atomic E-state index is 13.6. The largest absolute Gasteiger partial charge is 0.481 e. The van der Waals surface area contributed by atoms with E-state index in [1.165, 1.54) is 34.5 Å². The molecule has 0 amide bonds. The van der Waals surface area contributed by atoms with Crippen LogP contribution in [0.3, 0.4) is 0 Å². The van der Waals surface area contributed by atoms with Crippen molar-refractivity contribution in [2.45, 2.75) is 22.6 Å². The van der Waals surface area contributed by atoms with Crippen molar-refractivity contribution < 1.29 is 33.0 Å². The van der Waals surface area contributed by atoms with Crippen molar-refractivity contribution in [2.24, 2.45) is 0 Å². The highest BCUT2D eigenvalue weighted by molar-refractivity contribution is 7.99. The fourth-order valence-electron chi connectivity index (χ4n) is 3.37. The van der Waals surface area contributed by atoms with E-state index in [2.05, 4.69) is 9.97 Å². The molecule has 3 aromatic rings. The van der Waals surface area contributed by atoms with Gasteiger partial charge in [-0.05, 0) is 35.9 Å². The highest BCUT2D eigenvalue weighted by Gasteiger charge is 2.39. The molecule has 1 unspecified atom stereocenters. The lowest BCUT2D eigenvalue weighted by molar-refractivity contribution is 0.0693. The highest BCUT2D eigenvalue weighted by Crippen LogP contribution is 2.64. The smallest absolute Gasteiger partial charge is 0.341 e. The van der Waals surface area contributed by atoms with Gasteiger partial charge in [0.1, 0.15) is 5.66 Å². The quantitative estimate of drug-likeness (QED) is 0.247. The minimum atomic E-state index is -3.77. The van der Waals surface area contributed by atoms with Crippen molar-refractivity contribution in [2.75, 3.05) is 28.4 Å². The zero-order valence-electron chi connectivity index (χ0n) is 19.6. The summed E-state index contributed by atoms with van der Waals surface area (Å²) >= 11 is 7.65. The van der Waals surface area contributed by atoms with Gasteiger partial charge in [0, 0.05) is 19.1 Å². The minimum Gasteiger partial charge on any atom is -0.481 e. The molecule has 1 N–H and O–H groups in total. The average Bonchev–Trinajstić information content (AvgIpc) is 2.85. The maximum atomic E-state index is 13.6. The summed E-state index contributed by atoms with van der Waals surface area (Å²) in [4.78, 5) is 21.0. The average molecular weight is 539 g/mol. The molecule has 0 spiro atoms. The summed E-state index contributed by atoms with van der Waals surface area (Å²) < 4.78 is 34.5. The van der Waals surface area contributed by atoms with Crippen molar-refractivity contribution in [1.29, 1.82) is 0 Å². The Bertz CT molecular complexity index is 1240. The number of hydrogen-bond acceptors (Lipinski definition) is 9. The first-order valence-electron chi connectivity index (χ1n) is 10.2. The van der Waals surface area contributed by atoms with Gasteiger partial charge >= 0.3 is 13.6 Å². The number of aromatic nitrogens is 2. The molecule has 35 heavy (non-hydrogen) atoms. The lowest BCUT2D eigenvalue weighted by atomic mass is 10.0. The molecular weight excluding hydrogens is 515 g/mol. The predicted molar refractivity (Wildman–Crippen MR) is 132 cm³/mol. The number of aryl methyl sites for hydroxylation is 1. The lowest BCUT2D eigenvalue weighted by Gasteiger charge is -2.27. The van der Waals surface area contributed by atoms with E-state index in [4.69, 9.17) is 30.1 Å². The summed E-state index contributed by atoms with van der Waals surface area (Å²) in [5, 5.41) is 10.1. The zero-order chi connectivity index (χ0) is 25.8. The van der Waals surface area contributed by atoms with Crippen molar-refractivity contribution >= 4 is 36.9 Å². The number of benzene rings is 2. The monoisotopic (exact) mass is 538 g/mol. The van der Waals surface area contributed by atoms with Crippen LogP contribution in [0.25, 0.3) is 0 Å².